The first-order valence-electron chi connectivity index (χ1n) is 9.69. The molecular formula is C22H22F2N2O3S. The summed E-state index contributed by atoms with van der Waals surface area (Å²) in [6.07, 6.45) is 0. The first-order valence-corrected chi connectivity index (χ1v) is 10.7. The van der Waals surface area contributed by atoms with E-state index in [1.165, 1.54) is 17.8 Å². The molecule has 4 rings (SSSR count). The maximum atomic E-state index is 13.8. The second-order valence-corrected chi connectivity index (χ2v) is 8.95. The monoisotopic (exact) mass is 432 g/mol. The molecule has 158 valence electrons. The molecule has 0 unspecified atom stereocenters. The van der Waals surface area contributed by atoms with Gasteiger partial charge in [0, 0.05) is 23.8 Å². The number of hydrogen-bond acceptors (Lipinski definition) is 4. The molecule has 2 heterocycles. The Bertz CT molecular complexity index is 1030. The molecule has 0 aromatic heterocycles. The molecule has 1 spiro atoms. The first kappa shape index (κ1) is 20.7. The lowest BCUT2D eigenvalue weighted by Gasteiger charge is -2.34. The maximum absolute atomic E-state index is 13.8. The van der Waals surface area contributed by atoms with Gasteiger partial charge in [-0.25, -0.2) is 8.78 Å². The third kappa shape index (κ3) is 3.05. The number of rotatable bonds is 4. The second kappa shape index (κ2) is 7.58. The highest BCUT2D eigenvalue weighted by Gasteiger charge is 2.59. The summed E-state index contributed by atoms with van der Waals surface area (Å²) in [5.74, 6) is -1.31. The molecule has 2 aromatic rings. The molecular weight excluding hydrogens is 410 g/mol. The number of carbonyl (C=O) groups is 2. The van der Waals surface area contributed by atoms with E-state index in [0.29, 0.717) is 34.9 Å². The van der Waals surface area contributed by atoms with Crippen molar-refractivity contribution in [1.29, 1.82) is 0 Å². The standard InChI is InChI=1S/C22H22F2N2O3S/c1-13(2)20(27)26-8-9-30-22(26)16-11-15(29-3)5-7-19(16)25(21(22)28)12-14-4-6-17(23)18(24)10-14/h4-7,10-11,13H,8-9,12H2,1-3H3/t22-/m1/s1. The summed E-state index contributed by atoms with van der Waals surface area (Å²) >= 11 is 1.42. The van der Waals surface area contributed by atoms with Crippen molar-refractivity contribution in [3.8, 4) is 5.75 Å². The van der Waals surface area contributed by atoms with Gasteiger partial charge in [-0.3, -0.25) is 9.59 Å². The van der Waals surface area contributed by atoms with Gasteiger partial charge in [-0.05, 0) is 35.9 Å². The highest BCUT2D eigenvalue weighted by molar-refractivity contribution is 8.01. The van der Waals surface area contributed by atoms with Gasteiger partial charge in [-0.1, -0.05) is 19.9 Å². The van der Waals surface area contributed by atoms with Crippen LogP contribution in [0.25, 0.3) is 0 Å². The van der Waals surface area contributed by atoms with Crippen molar-refractivity contribution in [3.63, 3.8) is 0 Å². The Morgan fingerprint density at radius 2 is 1.97 bits per heavy atom. The molecule has 1 atom stereocenters. The fourth-order valence-electron chi connectivity index (χ4n) is 4.03. The Labute approximate surface area is 178 Å². The molecule has 0 saturated carbocycles. The van der Waals surface area contributed by atoms with Crippen LogP contribution < -0.4 is 9.64 Å². The van der Waals surface area contributed by atoms with Crippen LogP contribution in [0.15, 0.2) is 36.4 Å². The van der Waals surface area contributed by atoms with Gasteiger partial charge in [0.15, 0.2) is 16.5 Å². The van der Waals surface area contributed by atoms with Gasteiger partial charge in [0.1, 0.15) is 5.75 Å². The smallest absolute Gasteiger partial charge is 0.268 e. The molecule has 8 heteroatoms. The third-order valence-electron chi connectivity index (χ3n) is 5.49. The number of methoxy groups -OCH3 is 1. The average molecular weight is 432 g/mol. The third-order valence-corrected chi connectivity index (χ3v) is 6.90. The highest BCUT2D eigenvalue weighted by Crippen LogP contribution is 2.55. The van der Waals surface area contributed by atoms with Crippen LogP contribution in [0.5, 0.6) is 5.75 Å². The average Bonchev–Trinajstić information content (AvgIpc) is 3.27. The molecule has 0 aliphatic carbocycles. The Kier molecular flexibility index (Phi) is 5.22. The van der Waals surface area contributed by atoms with Crippen molar-refractivity contribution >= 4 is 29.3 Å². The van der Waals surface area contributed by atoms with Crippen LogP contribution in [-0.2, 0) is 21.0 Å². The van der Waals surface area contributed by atoms with Gasteiger partial charge in [0.2, 0.25) is 5.91 Å². The number of hydrogen-bond donors (Lipinski definition) is 0. The number of thioether (sulfide) groups is 1. The summed E-state index contributed by atoms with van der Waals surface area (Å²) in [4.78, 5) is 28.8. The lowest BCUT2D eigenvalue weighted by Crippen LogP contribution is -2.51. The molecule has 30 heavy (non-hydrogen) atoms. The quantitative estimate of drug-likeness (QED) is 0.735. The van der Waals surface area contributed by atoms with Crippen LogP contribution in [0.4, 0.5) is 14.5 Å². The largest absolute Gasteiger partial charge is 0.497 e. The minimum absolute atomic E-state index is 0.0708. The zero-order valence-electron chi connectivity index (χ0n) is 16.9. The van der Waals surface area contributed by atoms with E-state index >= 15 is 0 Å². The summed E-state index contributed by atoms with van der Waals surface area (Å²) < 4.78 is 32.5. The number of fused-ring (bicyclic) bond motifs is 2. The van der Waals surface area contributed by atoms with Crippen LogP contribution in [-0.4, -0.2) is 36.1 Å². The van der Waals surface area contributed by atoms with E-state index in [-0.39, 0.29) is 24.3 Å². The van der Waals surface area contributed by atoms with Gasteiger partial charge in [0.25, 0.3) is 5.91 Å². The number of anilines is 1. The first-order chi connectivity index (χ1) is 14.3. The zero-order chi connectivity index (χ0) is 21.6. The summed E-state index contributed by atoms with van der Waals surface area (Å²) in [7, 11) is 1.54. The number of benzene rings is 2. The van der Waals surface area contributed by atoms with E-state index in [0.717, 1.165) is 12.1 Å². The zero-order valence-corrected chi connectivity index (χ0v) is 17.8. The van der Waals surface area contributed by atoms with Crippen molar-refractivity contribution < 1.29 is 23.1 Å². The molecule has 2 aliphatic heterocycles. The molecule has 2 amide bonds. The molecule has 5 nitrogen and oxygen atoms in total. The number of carbonyl (C=O) groups excluding carboxylic acids is 2. The number of amides is 2. The maximum Gasteiger partial charge on any atom is 0.268 e. The van der Waals surface area contributed by atoms with Crippen molar-refractivity contribution in [2.45, 2.75) is 25.3 Å². The van der Waals surface area contributed by atoms with Gasteiger partial charge < -0.3 is 14.5 Å². The van der Waals surface area contributed by atoms with Gasteiger partial charge in [-0.15, -0.1) is 11.8 Å². The Morgan fingerprint density at radius 3 is 2.63 bits per heavy atom. The van der Waals surface area contributed by atoms with Crippen LogP contribution in [0.2, 0.25) is 0 Å². The van der Waals surface area contributed by atoms with Crippen molar-refractivity contribution in [1.82, 2.24) is 4.90 Å². The van der Waals surface area contributed by atoms with E-state index in [1.807, 2.05) is 13.8 Å². The molecule has 2 aliphatic rings. The molecule has 1 fully saturated rings. The fourth-order valence-corrected chi connectivity index (χ4v) is 5.49. The van der Waals surface area contributed by atoms with Crippen LogP contribution in [0, 0.1) is 17.6 Å². The van der Waals surface area contributed by atoms with E-state index < -0.39 is 16.5 Å². The molecule has 1 saturated heterocycles. The molecule has 0 bridgehead atoms. The van der Waals surface area contributed by atoms with E-state index in [1.54, 1.807) is 35.1 Å². The second-order valence-electron chi connectivity index (χ2n) is 7.66. The van der Waals surface area contributed by atoms with Crippen molar-refractivity contribution in [2.75, 3.05) is 24.3 Å². The minimum atomic E-state index is -1.18. The van der Waals surface area contributed by atoms with Gasteiger partial charge in [-0.2, -0.15) is 0 Å². The normalized spacial score (nSPS) is 20.4. The Hall–Kier alpha value is -2.61. The Balaban J connectivity index is 1.82. The summed E-state index contributed by atoms with van der Waals surface area (Å²) in [6.45, 7) is 4.15. The fraction of sp³-hybridized carbons (Fsp3) is 0.364. The van der Waals surface area contributed by atoms with E-state index in [2.05, 4.69) is 0 Å². The van der Waals surface area contributed by atoms with Crippen molar-refractivity contribution in [3.05, 3.63) is 59.2 Å². The van der Waals surface area contributed by atoms with Crippen LogP contribution >= 0.6 is 11.8 Å². The van der Waals surface area contributed by atoms with Crippen molar-refractivity contribution in [2.24, 2.45) is 5.92 Å². The molecule has 2 aromatic carbocycles. The van der Waals surface area contributed by atoms with Gasteiger partial charge in [0.05, 0.1) is 19.3 Å². The van der Waals surface area contributed by atoms with E-state index in [9.17, 15) is 18.4 Å². The predicted molar refractivity (Wildman–Crippen MR) is 111 cm³/mol. The summed E-state index contributed by atoms with van der Waals surface area (Å²) in [5, 5.41) is 0. The lowest BCUT2D eigenvalue weighted by atomic mass is 10.0. The molecule has 0 radical (unpaired) electrons. The highest BCUT2D eigenvalue weighted by atomic mass is 32.2. The Morgan fingerprint density at radius 1 is 1.20 bits per heavy atom. The number of halogens is 2. The minimum Gasteiger partial charge on any atom is -0.497 e. The predicted octanol–water partition coefficient (Wildman–Crippen LogP) is 3.90. The lowest BCUT2D eigenvalue weighted by molar-refractivity contribution is -0.142. The van der Waals surface area contributed by atoms with E-state index in [4.69, 9.17) is 4.74 Å². The van der Waals surface area contributed by atoms with Gasteiger partial charge >= 0.3 is 0 Å². The number of ether oxygens (including phenoxy) is 1. The molecule has 0 N–H and O–H groups in total. The topological polar surface area (TPSA) is 49.9 Å². The van der Waals surface area contributed by atoms with Crippen LogP contribution in [0.1, 0.15) is 25.0 Å². The summed E-state index contributed by atoms with van der Waals surface area (Å²) in [6, 6.07) is 8.91. The summed E-state index contributed by atoms with van der Waals surface area (Å²) in [5.41, 5.74) is 1.79. The SMILES string of the molecule is COc1ccc2c(c1)[C@@]1(SCCN1C(=O)C(C)C)C(=O)N2Cc1ccc(F)c(F)c1. The van der Waals surface area contributed by atoms with Crippen LogP contribution in [0.3, 0.4) is 0 Å². The number of nitrogens with zero attached hydrogens (tertiary/aromatic N) is 2.